The molecule has 17 heavy (non-hydrogen) atoms. The predicted octanol–water partition coefficient (Wildman–Crippen LogP) is -0.955. The van der Waals surface area contributed by atoms with Gasteiger partial charge in [-0.3, -0.25) is 0 Å². The number of hydrogen-bond donors (Lipinski definition) is 1. The van der Waals surface area contributed by atoms with Crippen molar-refractivity contribution in [2.75, 3.05) is 19.7 Å². The third-order valence-corrected chi connectivity index (χ3v) is 2.34. The fraction of sp³-hybridized carbons (Fsp3) is 0.600. The molecule has 1 aliphatic heterocycles. The van der Waals surface area contributed by atoms with Gasteiger partial charge in [-0.2, -0.15) is 0 Å². The van der Waals surface area contributed by atoms with Crippen LogP contribution < -0.4 is 5.32 Å². The summed E-state index contributed by atoms with van der Waals surface area (Å²) in [7, 11) is 0. The third kappa shape index (κ3) is 5.00. The molecule has 1 fully saturated rings. The number of quaternary nitrogens is 1. The minimum Gasteiger partial charge on any atom is -0.367 e. The van der Waals surface area contributed by atoms with E-state index in [0.29, 0.717) is 6.10 Å². The lowest BCUT2D eigenvalue weighted by atomic mass is 9.30. The molecular formula is C10H14BN5O. The van der Waals surface area contributed by atoms with Crippen LogP contribution >= 0.6 is 0 Å². The highest BCUT2D eigenvalue weighted by Crippen LogP contribution is 1.94. The SMILES string of the molecule is CCC1C[NH2+]CCO1.N#C[B-](C#N)(C#N)C#N. The minimum atomic E-state index is -2.72. The van der Waals surface area contributed by atoms with Crippen molar-refractivity contribution in [1.29, 1.82) is 21.0 Å². The third-order valence-electron chi connectivity index (χ3n) is 2.34. The van der Waals surface area contributed by atoms with Crippen LogP contribution in [0.15, 0.2) is 0 Å². The number of nitrogens with two attached hydrogens (primary N) is 1. The largest absolute Gasteiger partial charge is 0.383 e. The van der Waals surface area contributed by atoms with Crippen molar-refractivity contribution in [3.63, 3.8) is 0 Å². The molecule has 7 heteroatoms. The van der Waals surface area contributed by atoms with E-state index in [2.05, 4.69) is 12.2 Å². The van der Waals surface area contributed by atoms with E-state index in [1.807, 2.05) is 0 Å². The highest BCUT2D eigenvalue weighted by atomic mass is 16.5. The number of nitriles is 4. The molecule has 0 aromatic carbocycles. The molecule has 2 N–H and O–H groups in total. The molecule has 0 saturated carbocycles. The monoisotopic (exact) mass is 231 g/mol. The van der Waals surface area contributed by atoms with Crippen molar-refractivity contribution in [2.24, 2.45) is 0 Å². The smallest absolute Gasteiger partial charge is 0.367 e. The second-order valence-corrected chi connectivity index (χ2v) is 3.60. The first-order chi connectivity index (χ1) is 8.17. The molecule has 0 aromatic heterocycles. The van der Waals surface area contributed by atoms with E-state index in [4.69, 9.17) is 25.8 Å². The van der Waals surface area contributed by atoms with Crippen molar-refractivity contribution in [3.8, 4) is 23.9 Å². The van der Waals surface area contributed by atoms with Crippen LogP contribution in [-0.2, 0) is 4.74 Å². The van der Waals surface area contributed by atoms with Crippen LogP contribution in [-0.4, -0.2) is 31.9 Å². The van der Waals surface area contributed by atoms with Gasteiger partial charge in [-0.25, -0.2) is 21.0 Å². The molecule has 0 radical (unpaired) electrons. The molecule has 0 aliphatic carbocycles. The number of ether oxygens (including phenoxy) is 1. The molecule has 6 nitrogen and oxygen atoms in total. The van der Waals surface area contributed by atoms with Gasteiger partial charge >= 0.3 is 6.15 Å². The van der Waals surface area contributed by atoms with E-state index in [-0.39, 0.29) is 0 Å². The van der Waals surface area contributed by atoms with Crippen LogP contribution in [0.5, 0.6) is 0 Å². The fourth-order valence-electron chi connectivity index (χ4n) is 1.15. The van der Waals surface area contributed by atoms with Gasteiger partial charge in [-0.15, -0.1) is 23.9 Å². The van der Waals surface area contributed by atoms with Gasteiger partial charge in [0.25, 0.3) is 0 Å². The van der Waals surface area contributed by atoms with E-state index >= 15 is 0 Å². The Morgan fingerprint density at radius 1 is 1.18 bits per heavy atom. The zero-order valence-electron chi connectivity index (χ0n) is 9.76. The summed E-state index contributed by atoms with van der Waals surface area (Å²) in [6.45, 7) is 5.43. The summed E-state index contributed by atoms with van der Waals surface area (Å²) in [4.78, 5) is 0. The van der Waals surface area contributed by atoms with Crippen LogP contribution in [0.25, 0.3) is 0 Å². The van der Waals surface area contributed by atoms with Crippen LogP contribution in [0, 0.1) is 44.9 Å². The standard InChI is InChI=1S/C6H13NO.C4BN4/c1-2-6-5-7-3-4-8-6;6-1-5(2-7,3-8)4-9/h6-7H,2-5H2,1H3;/q;-1/p+1. The summed E-state index contributed by atoms with van der Waals surface area (Å²) in [5.74, 6) is 5.38. The van der Waals surface area contributed by atoms with Crippen molar-refractivity contribution in [2.45, 2.75) is 19.4 Å². The molecule has 88 valence electrons. The second-order valence-electron chi connectivity index (χ2n) is 3.60. The minimum absolute atomic E-state index is 0.531. The maximum Gasteiger partial charge on any atom is 0.383 e. The number of nitrogens with zero attached hydrogens (tertiary/aromatic N) is 4. The number of rotatable bonds is 1. The van der Waals surface area contributed by atoms with Crippen LogP contribution in [0.4, 0.5) is 0 Å². The second kappa shape index (κ2) is 8.14. The van der Waals surface area contributed by atoms with Crippen molar-refractivity contribution in [1.82, 2.24) is 0 Å². The zero-order valence-corrected chi connectivity index (χ0v) is 9.76. The van der Waals surface area contributed by atoms with Crippen molar-refractivity contribution < 1.29 is 10.1 Å². The molecule has 0 aromatic rings. The van der Waals surface area contributed by atoms with E-state index in [1.165, 1.54) is 23.9 Å². The van der Waals surface area contributed by atoms with Gasteiger partial charge in [-0.1, -0.05) is 6.92 Å². The van der Waals surface area contributed by atoms with E-state index in [0.717, 1.165) is 26.1 Å². The fourth-order valence-corrected chi connectivity index (χ4v) is 1.15. The van der Waals surface area contributed by atoms with Gasteiger partial charge in [0.1, 0.15) is 12.6 Å². The van der Waals surface area contributed by atoms with E-state index in [9.17, 15) is 0 Å². The Hall–Kier alpha value is -2.06. The summed E-state index contributed by atoms with van der Waals surface area (Å²) in [6.07, 6.45) is -1.03. The van der Waals surface area contributed by atoms with Crippen LogP contribution in [0.1, 0.15) is 13.3 Å². The predicted molar refractivity (Wildman–Crippen MR) is 59.9 cm³/mol. The van der Waals surface area contributed by atoms with Gasteiger partial charge in [0.2, 0.25) is 0 Å². The van der Waals surface area contributed by atoms with Gasteiger partial charge in [0, 0.05) is 0 Å². The van der Waals surface area contributed by atoms with Crippen molar-refractivity contribution in [3.05, 3.63) is 0 Å². The van der Waals surface area contributed by atoms with E-state index in [1.54, 1.807) is 0 Å². The lowest BCUT2D eigenvalue weighted by molar-refractivity contribution is -0.677. The van der Waals surface area contributed by atoms with Gasteiger partial charge in [0.05, 0.1) is 13.2 Å². The number of hydrogen-bond acceptors (Lipinski definition) is 5. The lowest BCUT2D eigenvalue weighted by Crippen LogP contribution is -2.89. The topological polar surface area (TPSA) is 121 Å². The molecule has 1 heterocycles. The molecule has 1 saturated heterocycles. The Balaban J connectivity index is 0.000000302. The first kappa shape index (κ1) is 14.9. The first-order valence-electron chi connectivity index (χ1n) is 5.41. The Kier molecular flexibility index (Phi) is 7.15. The molecular weight excluding hydrogens is 217 g/mol. The first-order valence-corrected chi connectivity index (χ1v) is 5.41. The Labute approximate surface area is 101 Å². The van der Waals surface area contributed by atoms with Gasteiger partial charge in [0.15, 0.2) is 0 Å². The molecule has 0 amide bonds. The number of morpholine rings is 1. The molecule has 1 atom stereocenters. The Morgan fingerprint density at radius 2 is 1.71 bits per heavy atom. The van der Waals surface area contributed by atoms with Gasteiger partial charge in [-0.05, 0) is 6.42 Å². The maximum atomic E-state index is 8.09. The molecule has 0 spiro atoms. The summed E-state index contributed by atoms with van der Waals surface area (Å²) in [5, 5.41) is 34.7. The van der Waals surface area contributed by atoms with Gasteiger partial charge < -0.3 is 10.1 Å². The quantitative estimate of drug-likeness (QED) is 0.582. The van der Waals surface area contributed by atoms with Crippen LogP contribution in [0.3, 0.4) is 0 Å². The lowest BCUT2D eigenvalue weighted by Gasteiger charge is -2.18. The van der Waals surface area contributed by atoms with Crippen molar-refractivity contribution >= 4 is 6.15 Å². The molecule has 1 aliphatic rings. The average molecular weight is 231 g/mol. The Bertz CT molecular complexity index is 329. The normalized spacial score (nSPS) is 18.3. The van der Waals surface area contributed by atoms with Crippen LogP contribution in [0.2, 0.25) is 0 Å². The average Bonchev–Trinajstić information content (AvgIpc) is 2.44. The van der Waals surface area contributed by atoms with E-state index < -0.39 is 6.15 Å². The summed E-state index contributed by atoms with van der Waals surface area (Å²) in [6, 6.07) is 0. The Morgan fingerprint density at radius 3 is 1.88 bits per heavy atom. The highest BCUT2D eigenvalue weighted by Gasteiger charge is 2.22. The summed E-state index contributed by atoms with van der Waals surface area (Å²) in [5.41, 5.74) is 0. The summed E-state index contributed by atoms with van der Waals surface area (Å²) >= 11 is 0. The molecule has 0 bridgehead atoms. The molecule has 1 rings (SSSR count). The zero-order chi connectivity index (χ0) is 13.1. The highest BCUT2D eigenvalue weighted by molar-refractivity contribution is 7.05. The summed E-state index contributed by atoms with van der Waals surface area (Å²) < 4.78 is 5.40. The molecule has 1 unspecified atom stereocenters. The maximum absolute atomic E-state index is 8.09.